The molecule has 0 aliphatic rings. The van der Waals surface area contributed by atoms with E-state index in [1.54, 1.807) is 19.2 Å². The second kappa shape index (κ2) is 7.00. The number of ether oxygens (including phenoxy) is 4. The van der Waals surface area contributed by atoms with Gasteiger partial charge in [0.2, 0.25) is 5.75 Å². The summed E-state index contributed by atoms with van der Waals surface area (Å²) in [5, 5.41) is 0.854. The van der Waals surface area contributed by atoms with Crippen LogP contribution in [-0.4, -0.2) is 38.8 Å². The Morgan fingerprint density at radius 2 is 1.54 bits per heavy atom. The summed E-state index contributed by atoms with van der Waals surface area (Å²) >= 11 is 0. The standard InChI is InChI=1S/C20H21NO5/c1-21-11-15(14-7-6-13(23-2)10-16(14)21)19(22)12-8-17(24-3)20(26-5)18(9-12)25-4/h6-11H,1-5H3. The summed E-state index contributed by atoms with van der Waals surface area (Å²) in [6, 6.07) is 8.95. The summed E-state index contributed by atoms with van der Waals surface area (Å²) in [5.74, 6) is 1.95. The van der Waals surface area contributed by atoms with E-state index in [1.807, 2.05) is 36.0 Å². The van der Waals surface area contributed by atoms with Gasteiger partial charge in [-0.15, -0.1) is 0 Å². The summed E-state index contributed by atoms with van der Waals surface area (Å²) < 4.78 is 23.2. The van der Waals surface area contributed by atoms with Crippen LogP contribution in [0.2, 0.25) is 0 Å². The van der Waals surface area contributed by atoms with Crippen molar-refractivity contribution in [3.05, 3.63) is 47.7 Å². The molecule has 0 aliphatic carbocycles. The van der Waals surface area contributed by atoms with Crippen molar-refractivity contribution < 1.29 is 23.7 Å². The SMILES string of the molecule is COc1ccc2c(C(=O)c3cc(OC)c(OC)c(OC)c3)cn(C)c2c1. The van der Waals surface area contributed by atoms with E-state index in [9.17, 15) is 4.79 Å². The summed E-state index contributed by atoms with van der Waals surface area (Å²) in [6.07, 6.45) is 1.82. The zero-order chi connectivity index (χ0) is 18.8. The van der Waals surface area contributed by atoms with E-state index in [4.69, 9.17) is 18.9 Å². The van der Waals surface area contributed by atoms with E-state index in [0.29, 0.717) is 28.4 Å². The molecule has 0 amide bonds. The average molecular weight is 355 g/mol. The summed E-state index contributed by atoms with van der Waals surface area (Å²) in [7, 11) is 8.09. The first kappa shape index (κ1) is 17.7. The van der Waals surface area contributed by atoms with Crippen molar-refractivity contribution in [1.82, 2.24) is 4.57 Å². The van der Waals surface area contributed by atoms with E-state index in [-0.39, 0.29) is 5.78 Å². The number of ketones is 1. The molecule has 6 nitrogen and oxygen atoms in total. The van der Waals surface area contributed by atoms with Crippen LogP contribution in [0.3, 0.4) is 0 Å². The van der Waals surface area contributed by atoms with Crippen LogP contribution in [0.5, 0.6) is 23.0 Å². The fraction of sp³-hybridized carbons (Fsp3) is 0.250. The highest BCUT2D eigenvalue weighted by atomic mass is 16.5. The van der Waals surface area contributed by atoms with Gasteiger partial charge in [0.15, 0.2) is 17.3 Å². The first-order valence-electron chi connectivity index (χ1n) is 8.01. The van der Waals surface area contributed by atoms with Gasteiger partial charge < -0.3 is 23.5 Å². The second-order valence-electron chi connectivity index (χ2n) is 5.78. The fourth-order valence-corrected chi connectivity index (χ4v) is 3.04. The maximum atomic E-state index is 13.2. The molecule has 0 atom stereocenters. The van der Waals surface area contributed by atoms with Crippen molar-refractivity contribution in [1.29, 1.82) is 0 Å². The zero-order valence-corrected chi connectivity index (χ0v) is 15.5. The number of hydrogen-bond donors (Lipinski definition) is 0. The lowest BCUT2D eigenvalue weighted by Gasteiger charge is -2.13. The van der Waals surface area contributed by atoms with Gasteiger partial charge in [0.1, 0.15) is 5.75 Å². The lowest BCUT2D eigenvalue weighted by molar-refractivity contribution is 0.103. The molecule has 0 N–H and O–H groups in total. The van der Waals surface area contributed by atoms with E-state index < -0.39 is 0 Å². The molecule has 0 aliphatic heterocycles. The maximum Gasteiger partial charge on any atom is 0.203 e. The average Bonchev–Trinajstić information content (AvgIpc) is 3.01. The number of benzene rings is 2. The summed E-state index contributed by atoms with van der Waals surface area (Å²) in [5.41, 5.74) is 1.97. The van der Waals surface area contributed by atoms with Gasteiger partial charge in [-0.1, -0.05) is 0 Å². The smallest absolute Gasteiger partial charge is 0.203 e. The maximum absolute atomic E-state index is 13.2. The van der Waals surface area contributed by atoms with Crippen molar-refractivity contribution in [2.75, 3.05) is 28.4 Å². The van der Waals surface area contributed by atoms with Crippen molar-refractivity contribution in [3.8, 4) is 23.0 Å². The Labute approximate surface area is 151 Å². The molecule has 3 rings (SSSR count). The van der Waals surface area contributed by atoms with Gasteiger partial charge in [0.25, 0.3) is 0 Å². The second-order valence-corrected chi connectivity index (χ2v) is 5.78. The molecule has 0 saturated carbocycles. The lowest BCUT2D eigenvalue weighted by Crippen LogP contribution is -2.04. The molecule has 3 aromatic rings. The van der Waals surface area contributed by atoms with Crippen LogP contribution in [0.25, 0.3) is 10.9 Å². The normalized spacial score (nSPS) is 10.7. The van der Waals surface area contributed by atoms with Crippen LogP contribution < -0.4 is 18.9 Å². The fourth-order valence-electron chi connectivity index (χ4n) is 3.04. The highest BCUT2D eigenvalue weighted by Crippen LogP contribution is 2.39. The number of fused-ring (bicyclic) bond motifs is 1. The van der Waals surface area contributed by atoms with E-state index in [2.05, 4.69) is 0 Å². The van der Waals surface area contributed by atoms with Crippen molar-refractivity contribution >= 4 is 16.7 Å². The van der Waals surface area contributed by atoms with Crippen LogP contribution in [0.15, 0.2) is 36.5 Å². The number of carbonyl (C=O) groups excluding carboxylic acids is 1. The minimum atomic E-state index is -0.125. The molecular formula is C20H21NO5. The quantitative estimate of drug-likeness (QED) is 0.634. The number of aryl methyl sites for hydroxylation is 1. The number of aromatic nitrogens is 1. The third-order valence-corrected chi connectivity index (χ3v) is 4.37. The minimum absolute atomic E-state index is 0.125. The van der Waals surface area contributed by atoms with E-state index in [1.165, 1.54) is 21.3 Å². The zero-order valence-electron chi connectivity index (χ0n) is 15.5. The number of methoxy groups -OCH3 is 4. The minimum Gasteiger partial charge on any atom is -0.497 e. The van der Waals surface area contributed by atoms with Crippen molar-refractivity contribution in [3.63, 3.8) is 0 Å². The molecule has 0 fully saturated rings. The first-order valence-corrected chi connectivity index (χ1v) is 8.01. The predicted octanol–water partition coefficient (Wildman–Crippen LogP) is 3.44. The molecule has 26 heavy (non-hydrogen) atoms. The first-order chi connectivity index (χ1) is 12.5. The van der Waals surface area contributed by atoms with E-state index >= 15 is 0 Å². The number of rotatable bonds is 6. The molecule has 0 radical (unpaired) electrons. The highest BCUT2D eigenvalue weighted by molar-refractivity contribution is 6.17. The van der Waals surface area contributed by atoms with Gasteiger partial charge >= 0.3 is 0 Å². The van der Waals surface area contributed by atoms with Crippen molar-refractivity contribution in [2.45, 2.75) is 0 Å². The van der Waals surface area contributed by atoms with Gasteiger partial charge in [-0.25, -0.2) is 0 Å². The van der Waals surface area contributed by atoms with Gasteiger partial charge in [0, 0.05) is 35.8 Å². The molecule has 1 aromatic heterocycles. The Kier molecular flexibility index (Phi) is 4.75. The largest absolute Gasteiger partial charge is 0.497 e. The van der Waals surface area contributed by atoms with Crippen LogP contribution in [0, 0.1) is 0 Å². The highest BCUT2D eigenvalue weighted by Gasteiger charge is 2.21. The van der Waals surface area contributed by atoms with Gasteiger partial charge in [-0.05, 0) is 24.3 Å². The molecular weight excluding hydrogens is 334 g/mol. The molecule has 0 spiro atoms. The Morgan fingerprint density at radius 3 is 2.08 bits per heavy atom. The Morgan fingerprint density at radius 1 is 0.885 bits per heavy atom. The summed E-state index contributed by atoms with van der Waals surface area (Å²) in [6.45, 7) is 0. The summed E-state index contributed by atoms with van der Waals surface area (Å²) in [4.78, 5) is 13.2. The Hall–Kier alpha value is -3.15. The third-order valence-electron chi connectivity index (χ3n) is 4.37. The molecule has 0 unspecified atom stereocenters. The third kappa shape index (κ3) is 2.83. The van der Waals surface area contributed by atoms with Gasteiger partial charge in [-0.3, -0.25) is 4.79 Å². The molecule has 6 heteroatoms. The Bertz CT molecular complexity index is 949. The van der Waals surface area contributed by atoms with Crippen LogP contribution in [0.4, 0.5) is 0 Å². The van der Waals surface area contributed by atoms with Crippen LogP contribution in [-0.2, 0) is 7.05 Å². The van der Waals surface area contributed by atoms with Crippen molar-refractivity contribution in [2.24, 2.45) is 7.05 Å². The molecule has 0 bridgehead atoms. The van der Waals surface area contributed by atoms with Gasteiger partial charge in [-0.2, -0.15) is 0 Å². The monoisotopic (exact) mass is 355 g/mol. The van der Waals surface area contributed by atoms with Crippen LogP contribution in [0.1, 0.15) is 15.9 Å². The van der Waals surface area contributed by atoms with Crippen LogP contribution >= 0.6 is 0 Å². The lowest BCUT2D eigenvalue weighted by atomic mass is 10.0. The van der Waals surface area contributed by atoms with E-state index in [0.717, 1.165) is 16.7 Å². The molecule has 1 heterocycles. The number of carbonyl (C=O) groups is 1. The molecule has 136 valence electrons. The Balaban J connectivity index is 2.14. The van der Waals surface area contributed by atoms with Gasteiger partial charge in [0.05, 0.1) is 34.0 Å². The molecule has 0 saturated heterocycles. The molecule has 2 aromatic carbocycles. The number of hydrogen-bond acceptors (Lipinski definition) is 5. The predicted molar refractivity (Wildman–Crippen MR) is 99.0 cm³/mol. The number of nitrogens with zero attached hydrogens (tertiary/aromatic N) is 1. The topological polar surface area (TPSA) is 58.9 Å².